The van der Waals surface area contributed by atoms with Crippen LogP contribution in [0.2, 0.25) is 0 Å². The molecule has 0 fully saturated rings. The van der Waals surface area contributed by atoms with E-state index in [9.17, 15) is 4.39 Å². The first-order valence-electron chi connectivity index (χ1n) is 7.62. The van der Waals surface area contributed by atoms with E-state index in [0.717, 1.165) is 30.8 Å². The molecule has 0 saturated heterocycles. The third-order valence-electron chi connectivity index (χ3n) is 4.25. The standard InChI is InChI=1S/C17H29FN2/c1-7-19-16(17(5,6)20(8-2)9-3)15-12-14(18)11-10-13(15)4/h10-12,16,19H,7-9H2,1-6H3. The number of benzene rings is 1. The van der Waals surface area contributed by atoms with Gasteiger partial charge in [-0.15, -0.1) is 0 Å². The summed E-state index contributed by atoms with van der Waals surface area (Å²) in [6.45, 7) is 15.8. The van der Waals surface area contributed by atoms with Gasteiger partial charge in [-0.3, -0.25) is 4.90 Å². The molecule has 0 bridgehead atoms. The van der Waals surface area contributed by atoms with E-state index in [4.69, 9.17) is 0 Å². The van der Waals surface area contributed by atoms with Crippen molar-refractivity contribution in [2.45, 2.75) is 53.1 Å². The lowest BCUT2D eigenvalue weighted by Crippen LogP contribution is -2.52. The molecule has 1 rings (SSSR count). The zero-order chi connectivity index (χ0) is 15.3. The van der Waals surface area contributed by atoms with Gasteiger partial charge in [0.2, 0.25) is 0 Å². The Bertz CT molecular complexity index is 425. The van der Waals surface area contributed by atoms with Crippen molar-refractivity contribution in [2.24, 2.45) is 0 Å². The van der Waals surface area contributed by atoms with Gasteiger partial charge in [0, 0.05) is 5.54 Å². The molecule has 0 aliphatic rings. The predicted molar refractivity (Wildman–Crippen MR) is 84.6 cm³/mol. The molecule has 0 aromatic heterocycles. The number of nitrogens with zero attached hydrogens (tertiary/aromatic N) is 1. The van der Waals surface area contributed by atoms with Gasteiger partial charge in [-0.05, 0) is 63.7 Å². The van der Waals surface area contributed by atoms with Crippen molar-refractivity contribution in [3.05, 3.63) is 35.1 Å². The van der Waals surface area contributed by atoms with Gasteiger partial charge in [0.15, 0.2) is 0 Å². The molecule has 1 atom stereocenters. The Morgan fingerprint density at radius 2 is 1.80 bits per heavy atom. The number of likely N-dealkylation sites (N-methyl/N-ethyl adjacent to an activating group) is 2. The highest BCUT2D eigenvalue weighted by Gasteiger charge is 2.35. The molecule has 2 nitrogen and oxygen atoms in total. The van der Waals surface area contributed by atoms with E-state index in [1.807, 2.05) is 6.07 Å². The van der Waals surface area contributed by atoms with Crippen LogP contribution in [0.3, 0.4) is 0 Å². The smallest absolute Gasteiger partial charge is 0.123 e. The van der Waals surface area contributed by atoms with Crippen LogP contribution in [0.1, 0.15) is 51.8 Å². The summed E-state index contributed by atoms with van der Waals surface area (Å²) < 4.78 is 13.7. The fourth-order valence-electron chi connectivity index (χ4n) is 3.09. The predicted octanol–water partition coefficient (Wildman–Crippen LogP) is 3.91. The summed E-state index contributed by atoms with van der Waals surface area (Å²) in [7, 11) is 0. The quantitative estimate of drug-likeness (QED) is 0.815. The second-order valence-electron chi connectivity index (χ2n) is 5.82. The Morgan fingerprint density at radius 1 is 1.20 bits per heavy atom. The third-order valence-corrected chi connectivity index (χ3v) is 4.25. The summed E-state index contributed by atoms with van der Waals surface area (Å²) in [5.74, 6) is -0.163. The molecule has 1 aromatic rings. The summed E-state index contributed by atoms with van der Waals surface area (Å²) in [4.78, 5) is 2.42. The number of rotatable bonds is 7. The molecule has 0 aliphatic carbocycles. The van der Waals surface area contributed by atoms with Crippen LogP contribution in [0.4, 0.5) is 4.39 Å². The topological polar surface area (TPSA) is 15.3 Å². The molecule has 0 radical (unpaired) electrons. The molecule has 1 aromatic carbocycles. The van der Waals surface area contributed by atoms with Gasteiger partial charge in [-0.1, -0.05) is 26.8 Å². The van der Waals surface area contributed by atoms with Gasteiger partial charge in [0.25, 0.3) is 0 Å². The molecule has 3 heteroatoms. The molecule has 0 heterocycles. The fourth-order valence-corrected chi connectivity index (χ4v) is 3.09. The molecule has 0 amide bonds. The first-order chi connectivity index (χ1) is 9.38. The van der Waals surface area contributed by atoms with Crippen LogP contribution in [0.25, 0.3) is 0 Å². The zero-order valence-electron chi connectivity index (χ0n) is 13.8. The molecule has 1 N–H and O–H groups in total. The highest BCUT2D eigenvalue weighted by Crippen LogP contribution is 2.33. The summed E-state index contributed by atoms with van der Waals surface area (Å²) in [6.07, 6.45) is 0. The van der Waals surface area contributed by atoms with Gasteiger partial charge in [0.1, 0.15) is 5.82 Å². The average molecular weight is 280 g/mol. The van der Waals surface area contributed by atoms with Crippen molar-refractivity contribution in [2.75, 3.05) is 19.6 Å². The summed E-state index contributed by atoms with van der Waals surface area (Å²) in [5, 5.41) is 3.55. The molecular weight excluding hydrogens is 251 g/mol. The minimum atomic E-state index is -0.163. The molecule has 0 saturated carbocycles. The first kappa shape index (κ1) is 17.1. The van der Waals surface area contributed by atoms with Gasteiger partial charge >= 0.3 is 0 Å². The lowest BCUT2D eigenvalue weighted by Gasteiger charge is -2.44. The van der Waals surface area contributed by atoms with Gasteiger partial charge < -0.3 is 5.32 Å². The molecule has 20 heavy (non-hydrogen) atoms. The maximum absolute atomic E-state index is 13.7. The first-order valence-corrected chi connectivity index (χ1v) is 7.62. The Morgan fingerprint density at radius 3 is 2.30 bits per heavy atom. The SMILES string of the molecule is CCNC(c1cc(F)ccc1C)C(C)(C)N(CC)CC. The molecule has 0 aliphatic heterocycles. The fraction of sp³-hybridized carbons (Fsp3) is 0.647. The van der Waals surface area contributed by atoms with Crippen molar-refractivity contribution in [3.63, 3.8) is 0 Å². The Balaban J connectivity index is 3.25. The number of hydrogen-bond acceptors (Lipinski definition) is 2. The maximum atomic E-state index is 13.7. The highest BCUT2D eigenvalue weighted by molar-refractivity contribution is 5.32. The summed E-state index contributed by atoms with van der Waals surface area (Å²) in [5.41, 5.74) is 2.12. The van der Waals surface area contributed by atoms with Gasteiger partial charge in [-0.25, -0.2) is 4.39 Å². The Hall–Kier alpha value is -0.930. The van der Waals surface area contributed by atoms with Crippen molar-refractivity contribution in [1.29, 1.82) is 0 Å². The normalized spacial score (nSPS) is 13.8. The molecule has 114 valence electrons. The molecular formula is C17H29FN2. The van der Waals surface area contributed by atoms with Crippen molar-refractivity contribution < 1.29 is 4.39 Å². The van der Waals surface area contributed by atoms with E-state index in [1.54, 1.807) is 6.07 Å². The number of nitrogens with one attached hydrogen (secondary N) is 1. The van der Waals surface area contributed by atoms with Crippen LogP contribution in [-0.4, -0.2) is 30.1 Å². The average Bonchev–Trinajstić information content (AvgIpc) is 2.40. The van der Waals surface area contributed by atoms with Crippen LogP contribution in [0.15, 0.2) is 18.2 Å². The van der Waals surface area contributed by atoms with Crippen LogP contribution in [0, 0.1) is 12.7 Å². The van der Waals surface area contributed by atoms with Crippen LogP contribution in [-0.2, 0) is 0 Å². The van der Waals surface area contributed by atoms with E-state index in [1.165, 1.54) is 6.07 Å². The van der Waals surface area contributed by atoms with Crippen LogP contribution in [0.5, 0.6) is 0 Å². The zero-order valence-corrected chi connectivity index (χ0v) is 13.8. The van der Waals surface area contributed by atoms with E-state index >= 15 is 0 Å². The van der Waals surface area contributed by atoms with E-state index in [2.05, 4.69) is 51.8 Å². The second kappa shape index (κ2) is 7.19. The van der Waals surface area contributed by atoms with Gasteiger partial charge in [0.05, 0.1) is 6.04 Å². The van der Waals surface area contributed by atoms with E-state index in [-0.39, 0.29) is 17.4 Å². The van der Waals surface area contributed by atoms with E-state index < -0.39 is 0 Å². The minimum Gasteiger partial charge on any atom is -0.309 e. The summed E-state index contributed by atoms with van der Waals surface area (Å²) >= 11 is 0. The number of hydrogen-bond donors (Lipinski definition) is 1. The van der Waals surface area contributed by atoms with Crippen molar-refractivity contribution in [3.8, 4) is 0 Å². The number of aryl methyl sites for hydroxylation is 1. The minimum absolute atomic E-state index is 0.0714. The van der Waals surface area contributed by atoms with Crippen LogP contribution < -0.4 is 5.32 Å². The Kier molecular flexibility index (Phi) is 6.15. The largest absolute Gasteiger partial charge is 0.309 e. The Labute approximate surface area is 123 Å². The second-order valence-corrected chi connectivity index (χ2v) is 5.82. The lowest BCUT2D eigenvalue weighted by atomic mass is 9.84. The van der Waals surface area contributed by atoms with Gasteiger partial charge in [-0.2, -0.15) is 0 Å². The number of halogens is 1. The highest BCUT2D eigenvalue weighted by atomic mass is 19.1. The van der Waals surface area contributed by atoms with E-state index in [0.29, 0.717) is 0 Å². The third kappa shape index (κ3) is 3.58. The van der Waals surface area contributed by atoms with Crippen molar-refractivity contribution >= 4 is 0 Å². The van der Waals surface area contributed by atoms with Crippen LogP contribution >= 0.6 is 0 Å². The maximum Gasteiger partial charge on any atom is 0.123 e. The molecule has 1 unspecified atom stereocenters. The lowest BCUT2D eigenvalue weighted by molar-refractivity contribution is 0.0915. The monoisotopic (exact) mass is 280 g/mol. The van der Waals surface area contributed by atoms with Crippen molar-refractivity contribution in [1.82, 2.24) is 10.2 Å². The molecule has 0 spiro atoms. The summed E-state index contributed by atoms with van der Waals surface area (Å²) in [6, 6.07) is 5.19.